The average molecular weight is 573 g/mol. The van der Waals surface area contributed by atoms with E-state index in [1.165, 1.54) is 37.7 Å². The van der Waals surface area contributed by atoms with Crippen LogP contribution in [0.4, 0.5) is 19.3 Å². The molecule has 0 aliphatic rings. The van der Waals surface area contributed by atoms with Crippen molar-refractivity contribution in [2.45, 2.75) is 38.0 Å². The monoisotopic (exact) mass is 572 g/mol. The van der Waals surface area contributed by atoms with Crippen LogP contribution >= 0.6 is 0 Å². The number of anilines is 1. The van der Waals surface area contributed by atoms with Gasteiger partial charge >= 0.3 is 6.03 Å². The summed E-state index contributed by atoms with van der Waals surface area (Å²) < 4.78 is 68.9. The third-order valence-electron chi connectivity index (χ3n) is 6.43. The van der Waals surface area contributed by atoms with Gasteiger partial charge in [0.1, 0.15) is 5.75 Å². The lowest BCUT2D eigenvalue weighted by molar-refractivity contribution is 0.198. The normalized spacial score (nSPS) is 12.3. The second-order valence-corrected chi connectivity index (χ2v) is 11.1. The summed E-state index contributed by atoms with van der Waals surface area (Å²) in [4.78, 5) is 16.3. The fourth-order valence-corrected chi connectivity index (χ4v) is 5.42. The molecule has 0 spiro atoms. The number of rotatable bonds is 10. The predicted octanol–water partition coefficient (Wildman–Crippen LogP) is 5.93. The first-order chi connectivity index (χ1) is 19.1. The van der Waals surface area contributed by atoms with Gasteiger partial charge in [-0.1, -0.05) is 31.5 Å². The van der Waals surface area contributed by atoms with Crippen molar-refractivity contribution in [3.63, 3.8) is 0 Å². The lowest BCUT2D eigenvalue weighted by Gasteiger charge is -2.14. The zero-order valence-electron chi connectivity index (χ0n) is 22.5. The van der Waals surface area contributed by atoms with Gasteiger partial charge in [0.2, 0.25) is 0 Å². The molecular formula is C28H30F2N4O5S. The van der Waals surface area contributed by atoms with E-state index in [1.807, 2.05) is 20.8 Å². The molecule has 12 heteroatoms. The largest absolute Gasteiger partial charge is 0.450 e. The topological polar surface area (TPSA) is 112 Å². The zero-order chi connectivity index (χ0) is 29.0. The summed E-state index contributed by atoms with van der Waals surface area (Å²) in [5.41, 5.74) is 1.46. The summed E-state index contributed by atoms with van der Waals surface area (Å²) in [5, 5.41) is 5.16. The number of benzene rings is 2. The fourth-order valence-electron chi connectivity index (χ4n) is 4.09. The third kappa shape index (κ3) is 5.92. The number of hydrogen-bond acceptors (Lipinski definition) is 6. The van der Waals surface area contributed by atoms with Gasteiger partial charge in [-0.25, -0.2) is 30.9 Å². The number of pyridine rings is 1. The number of aromatic nitrogens is 2. The van der Waals surface area contributed by atoms with E-state index in [1.54, 1.807) is 12.1 Å². The standard InChI is InChI=1S/C28H30F2N4O5S/c1-5-18(3)21-16-34(40(36,37)20-8-6-17(2)7-9-20)27-25(21)24(10-11-31-27)39-26-22(29)14-19(15-23(26)30)33-28(35)32-12-13-38-4/h6-11,14-16,18H,5,12-13H2,1-4H3,(H2,32,33,35). The Morgan fingerprint density at radius 2 is 1.80 bits per heavy atom. The van der Waals surface area contributed by atoms with E-state index in [9.17, 15) is 13.2 Å². The number of halogens is 2. The maximum absolute atomic E-state index is 15.1. The molecule has 212 valence electrons. The lowest BCUT2D eigenvalue weighted by Crippen LogP contribution is -2.31. The minimum absolute atomic E-state index is 0.0361. The number of methoxy groups -OCH3 is 1. The molecule has 9 nitrogen and oxygen atoms in total. The number of nitrogens with one attached hydrogen (secondary N) is 2. The van der Waals surface area contributed by atoms with Crippen molar-refractivity contribution in [2.75, 3.05) is 25.6 Å². The van der Waals surface area contributed by atoms with E-state index >= 15 is 8.78 Å². The molecule has 2 aromatic carbocycles. The maximum Gasteiger partial charge on any atom is 0.319 e. The summed E-state index contributed by atoms with van der Waals surface area (Å²) in [6.45, 7) is 6.19. The van der Waals surface area contributed by atoms with Crippen molar-refractivity contribution in [2.24, 2.45) is 0 Å². The van der Waals surface area contributed by atoms with Crippen molar-refractivity contribution < 1.29 is 31.5 Å². The van der Waals surface area contributed by atoms with Crippen LogP contribution in [-0.4, -0.2) is 43.7 Å². The number of nitrogens with zero attached hydrogens (tertiary/aromatic N) is 2. The van der Waals surface area contributed by atoms with Gasteiger partial charge in [0, 0.05) is 43.9 Å². The van der Waals surface area contributed by atoms with Crippen molar-refractivity contribution in [3.05, 3.63) is 77.6 Å². The van der Waals surface area contributed by atoms with E-state index in [0.717, 1.165) is 21.7 Å². The Kier molecular flexibility index (Phi) is 8.70. The highest BCUT2D eigenvalue weighted by atomic mass is 32.2. The SMILES string of the molecule is CCC(C)c1cn(S(=O)(=O)c2ccc(C)cc2)c2nccc(Oc3c(F)cc(NC(=O)NCCOC)cc3F)c12. The number of fused-ring (bicyclic) bond motifs is 1. The summed E-state index contributed by atoms with van der Waals surface area (Å²) >= 11 is 0. The molecule has 2 heterocycles. The molecule has 0 aliphatic carbocycles. The molecule has 2 N–H and O–H groups in total. The average Bonchev–Trinajstić information content (AvgIpc) is 3.32. The lowest BCUT2D eigenvalue weighted by atomic mass is 9.98. The highest BCUT2D eigenvalue weighted by molar-refractivity contribution is 7.90. The van der Waals surface area contributed by atoms with Crippen LogP contribution < -0.4 is 15.4 Å². The van der Waals surface area contributed by atoms with Crippen LogP contribution in [0.2, 0.25) is 0 Å². The molecule has 2 amide bonds. The molecule has 2 aromatic heterocycles. The molecule has 0 fully saturated rings. The van der Waals surface area contributed by atoms with E-state index in [4.69, 9.17) is 9.47 Å². The van der Waals surface area contributed by atoms with Crippen LogP contribution in [0.3, 0.4) is 0 Å². The van der Waals surface area contributed by atoms with Crippen molar-refractivity contribution in [1.82, 2.24) is 14.3 Å². The molecule has 0 saturated heterocycles. The van der Waals surface area contributed by atoms with Gasteiger partial charge in [-0.05, 0) is 43.0 Å². The first-order valence-corrected chi connectivity index (χ1v) is 14.0. The number of carbonyl (C=O) groups is 1. The first-order valence-electron chi connectivity index (χ1n) is 12.6. The van der Waals surface area contributed by atoms with Crippen molar-refractivity contribution in [3.8, 4) is 11.5 Å². The Morgan fingerprint density at radius 3 is 2.42 bits per heavy atom. The van der Waals surface area contributed by atoms with Crippen LogP contribution in [-0.2, 0) is 14.8 Å². The first kappa shape index (κ1) is 29.0. The summed E-state index contributed by atoms with van der Waals surface area (Å²) in [6.07, 6.45) is 3.46. The van der Waals surface area contributed by atoms with Gasteiger partial charge in [0.25, 0.3) is 10.0 Å². The van der Waals surface area contributed by atoms with Gasteiger partial charge in [0.05, 0.1) is 16.9 Å². The highest BCUT2D eigenvalue weighted by Crippen LogP contribution is 2.40. The minimum Gasteiger partial charge on any atom is -0.450 e. The second kappa shape index (κ2) is 12.0. The fraction of sp³-hybridized carbons (Fsp3) is 0.286. The Labute approximate surface area is 231 Å². The second-order valence-electron chi connectivity index (χ2n) is 9.26. The Balaban J connectivity index is 1.75. The Morgan fingerprint density at radius 1 is 1.12 bits per heavy atom. The molecule has 0 aliphatic heterocycles. The van der Waals surface area contributed by atoms with E-state index < -0.39 is 33.4 Å². The van der Waals surface area contributed by atoms with Gasteiger partial charge in [-0.3, -0.25) is 0 Å². The smallest absolute Gasteiger partial charge is 0.319 e. The number of carbonyl (C=O) groups excluding carboxylic acids is 1. The Hall–Kier alpha value is -4.03. The summed E-state index contributed by atoms with van der Waals surface area (Å²) in [6, 6.07) is 9.04. The van der Waals surface area contributed by atoms with Gasteiger partial charge in [0.15, 0.2) is 23.0 Å². The zero-order valence-corrected chi connectivity index (χ0v) is 23.3. The van der Waals surface area contributed by atoms with E-state index in [2.05, 4.69) is 15.6 Å². The third-order valence-corrected chi connectivity index (χ3v) is 8.09. The van der Waals surface area contributed by atoms with E-state index in [-0.39, 0.29) is 41.0 Å². The van der Waals surface area contributed by atoms with E-state index in [0.29, 0.717) is 17.4 Å². The quantitative estimate of drug-likeness (QED) is 0.228. The van der Waals surface area contributed by atoms with Crippen LogP contribution in [0.1, 0.15) is 37.3 Å². The summed E-state index contributed by atoms with van der Waals surface area (Å²) in [5.74, 6) is -2.92. The van der Waals surface area contributed by atoms with Gasteiger partial charge in [-0.15, -0.1) is 0 Å². The molecule has 0 bridgehead atoms. The molecular weight excluding hydrogens is 542 g/mol. The van der Waals surface area contributed by atoms with Crippen molar-refractivity contribution >= 4 is 32.8 Å². The number of amides is 2. The molecule has 1 atom stereocenters. The van der Waals surface area contributed by atoms with Crippen LogP contribution in [0.5, 0.6) is 11.5 Å². The van der Waals surface area contributed by atoms with Gasteiger partial charge in [-0.2, -0.15) is 0 Å². The Bertz CT molecular complexity index is 1620. The van der Waals surface area contributed by atoms with Crippen LogP contribution in [0.25, 0.3) is 11.0 Å². The molecule has 0 saturated carbocycles. The van der Waals surface area contributed by atoms with Crippen molar-refractivity contribution in [1.29, 1.82) is 0 Å². The highest BCUT2D eigenvalue weighted by Gasteiger charge is 2.27. The number of urea groups is 1. The molecule has 4 rings (SSSR count). The molecule has 0 radical (unpaired) electrons. The van der Waals surface area contributed by atoms with Gasteiger partial charge < -0.3 is 20.1 Å². The van der Waals surface area contributed by atoms with Crippen LogP contribution in [0, 0.1) is 18.6 Å². The maximum atomic E-state index is 15.1. The van der Waals surface area contributed by atoms with Crippen LogP contribution in [0.15, 0.2) is 59.8 Å². The number of hydrogen-bond donors (Lipinski definition) is 2. The predicted molar refractivity (Wildman–Crippen MR) is 148 cm³/mol. The molecule has 40 heavy (non-hydrogen) atoms. The summed E-state index contributed by atoms with van der Waals surface area (Å²) in [7, 11) is -2.56. The number of ether oxygens (including phenoxy) is 2. The minimum atomic E-state index is -4.04. The molecule has 4 aromatic rings. The molecule has 1 unspecified atom stereocenters. The number of aryl methyl sites for hydroxylation is 1.